The van der Waals surface area contributed by atoms with Gasteiger partial charge in [-0.25, -0.2) is 14.4 Å². The number of hydrogen-bond acceptors (Lipinski definition) is 5. The molecule has 166 valence electrons. The first kappa shape index (κ1) is 20.9. The number of para-hydroxylation sites is 1. The number of rotatable bonds is 4. The monoisotopic (exact) mass is 442 g/mol. The van der Waals surface area contributed by atoms with Gasteiger partial charge in [0, 0.05) is 24.5 Å². The van der Waals surface area contributed by atoms with Crippen LogP contribution in [0.4, 0.5) is 10.2 Å². The number of carbonyl (C=O) groups excluding carboxylic acids is 1. The summed E-state index contributed by atoms with van der Waals surface area (Å²) in [6, 6.07) is 18.8. The van der Waals surface area contributed by atoms with Crippen molar-refractivity contribution in [2.24, 2.45) is 0 Å². The van der Waals surface area contributed by atoms with E-state index in [0.717, 1.165) is 22.3 Å². The molecule has 0 radical (unpaired) electrons. The van der Waals surface area contributed by atoms with Crippen molar-refractivity contribution >= 4 is 22.6 Å². The minimum absolute atomic E-state index is 0.0424. The Morgan fingerprint density at radius 1 is 1.09 bits per heavy atom. The summed E-state index contributed by atoms with van der Waals surface area (Å²) in [6.45, 7) is 3.23. The number of hydrogen-bond donors (Lipinski definition) is 2. The highest BCUT2D eigenvalue weighted by atomic mass is 19.1. The number of nitrogens with one attached hydrogen (secondary N) is 1. The van der Waals surface area contributed by atoms with Crippen LogP contribution < -0.4 is 10.2 Å². The third-order valence-corrected chi connectivity index (χ3v) is 5.92. The molecule has 2 heterocycles. The normalized spacial score (nSPS) is 15.7. The van der Waals surface area contributed by atoms with Crippen molar-refractivity contribution in [3.05, 3.63) is 83.7 Å². The molecule has 4 aromatic rings. The summed E-state index contributed by atoms with van der Waals surface area (Å²) in [7, 11) is 0. The van der Waals surface area contributed by atoms with Crippen LogP contribution in [0.15, 0.2) is 66.7 Å². The van der Waals surface area contributed by atoms with Crippen molar-refractivity contribution in [1.29, 1.82) is 0 Å². The first-order valence-electron chi connectivity index (χ1n) is 10.9. The molecule has 33 heavy (non-hydrogen) atoms. The lowest BCUT2D eigenvalue weighted by Gasteiger charge is -2.21. The van der Waals surface area contributed by atoms with Gasteiger partial charge in [0.05, 0.1) is 16.6 Å². The van der Waals surface area contributed by atoms with E-state index in [1.54, 1.807) is 30.3 Å². The molecule has 1 saturated heterocycles. The van der Waals surface area contributed by atoms with E-state index in [-0.39, 0.29) is 17.4 Å². The zero-order chi connectivity index (χ0) is 22.9. The second-order valence-electron chi connectivity index (χ2n) is 8.29. The fourth-order valence-corrected chi connectivity index (χ4v) is 4.23. The summed E-state index contributed by atoms with van der Waals surface area (Å²) < 4.78 is 14.0. The molecule has 2 N–H and O–H groups in total. The third kappa shape index (κ3) is 4.09. The summed E-state index contributed by atoms with van der Waals surface area (Å²) in [6.07, 6.45) is 0.712. The topological polar surface area (TPSA) is 78.4 Å². The second kappa shape index (κ2) is 8.50. The first-order chi connectivity index (χ1) is 16.0. The molecule has 0 bridgehead atoms. The molecule has 0 saturated carbocycles. The van der Waals surface area contributed by atoms with E-state index in [2.05, 4.69) is 10.2 Å². The van der Waals surface area contributed by atoms with Gasteiger partial charge in [0.25, 0.3) is 5.91 Å². The quantitative estimate of drug-likeness (QED) is 0.488. The standard InChI is InChI=1S/C26H23FN4O2/c1-16-10-11-19-22(14-16)29-24(20-7-3-5-9-23(20)32)30-25(19)31-13-12-17(15-31)28-26(33)18-6-2-4-8-21(18)27/h2-11,14,17,32H,12-13,15H2,1H3,(H,28,33). The number of aromatic hydroxyl groups is 1. The molecule has 5 rings (SSSR count). The number of phenolic OH excluding ortho intramolecular Hbond substituents is 1. The number of carbonyl (C=O) groups is 1. The van der Waals surface area contributed by atoms with Crippen molar-refractivity contribution in [3.63, 3.8) is 0 Å². The minimum Gasteiger partial charge on any atom is -0.507 e. The maximum absolute atomic E-state index is 14.0. The Labute approximate surface area is 190 Å². The highest BCUT2D eigenvalue weighted by Crippen LogP contribution is 2.33. The van der Waals surface area contributed by atoms with Crippen molar-refractivity contribution in [3.8, 4) is 17.1 Å². The Balaban J connectivity index is 1.46. The maximum Gasteiger partial charge on any atom is 0.254 e. The Morgan fingerprint density at radius 3 is 2.70 bits per heavy atom. The molecule has 1 atom stereocenters. The fourth-order valence-electron chi connectivity index (χ4n) is 4.23. The van der Waals surface area contributed by atoms with Gasteiger partial charge in [0.1, 0.15) is 17.4 Å². The number of fused-ring (bicyclic) bond motifs is 1. The lowest BCUT2D eigenvalue weighted by molar-refractivity contribution is 0.0936. The van der Waals surface area contributed by atoms with Crippen LogP contribution in [0.5, 0.6) is 5.75 Å². The Hall–Kier alpha value is -4.00. The summed E-state index contributed by atoms with van der Waals surface area (Å²) in [5, 5.41) is 14.2. The van der Waals surface area contributed by atoms with Gasteiger partial charge in [-0.3, -0.25) is 4.79 Å². The maximum atomic E-state index is 14.0. The average Bonchev–Trinajstić information content (AvgIpc) is 3.27. The Bertz CT molecular complexity index is 1360. The molecule has 1 aliphatic heterocycles. The molecule has 7 heteroatoms. The van der Waals surface area contributed by atoms with Gasteiger partial charge in [0.15, 0.2) is 5.82 Å². The van der Waals surface area contributed by atoms with E-state index in [9.17, 15) is 14.3 Å². The molecule has 3 aromatic carbocycles. The number of benzene rings is 3. The van der Waals surface area contributed by atoms with Crippen LogP contribution in [0, 0.1) is 12.7 Å². The van der Waals surface area contributed by atoms with Gasteiger partial charge in [-0.15, -0.1) is 0 Å². The molecule has 1 fully saturated rings. The Kier molecular flexibility index (Phi) is 5.38. The predicted octanol–water partition coefficient (Wildman–Crippen LogP) is 4.46. The van der Waals surface area contributed by atoms with Crippen molar-refractivity contribution in [1.82, 2.24) is 15.3 Å². The van der Waals surface area contributed by atoms with Crippen molar-refractivity contribution in [2.45, 2.75) is 19.4 Å². The van der Waals surface area contributed by atoms with Crippen LogP contribution in [0.1, 0.15) is 22.3 Å². The molecule has 0 aliphatic carbocycles. The molecule has 0 spiro atoms. The predicted molar refractivity (Wildman–Crippen MR) is 126 cm³/mol. The molecule has 1 amide bonds. The van der Waals surface area contributed by atoms with Gasteiger partial charge in [0.2, 0.25) is 0 Å². The van der Waals surface area contributed by atoms with E-state index < -0.39 is 11.7 Å². The average molecular weight is 442 g/mol. The lowest BCUT2D eigenvalue weighted by Crippen LogP contribution is -2.37. The summed E-state index contributed by atoms with van der Waals surface area (Å²) >= 11 is 0. The Morgan fingerprint density at radius 2 is 1.88 bits per heavy atom. The van der Waals surface area contributed by atoms with Gasteiger partial charge in [-0.2, -0.15) is 0 Å². The first-order valence-corrected chi connectivity index (χ1v) is 10.9. The number of aromatic nitrogens is 2. The number of anilines is 1. The molecular formula is C26H23FN4O2. The number of amides is 1. The van der Waals surface area contributed by atoms with E-state index in [1.165, 1.54) is 12.1 Å². The van der Waals surface area contributed by atoms with Crippen LogP contribution in [0.2, 0.25) is 0 Å². The molecule has 1 unspecified atom stereocenters. The highest BCUT2D eigenvalue weighted by molar-refractivity contribution is 5.95. The van der Waals surface area contributed by atoms with Gasteiger partial charge in [-0.05, 0) is 55.3 Å². The van der Waals surface area contributed by atoms with Gasteiger partial charge in [-0.1, -0.05) is 30.3 Å². The van der Waals surface area contributed by atoms with Crippen LogP contribution >= 0.6 is 0 Å². The van der Waals surface area contributed by atoms with Crippen LogP contribution in [-0.2, 0) is 0 Å². The van der Waals surface area contributed by atoms with E-state index >= 15 is 0 Å². The SMILES string of the molecule is Cc1ccc2c(N3CCC(NC(=O)c4ccccc4F)C3)nc(-c3ccccc3O)nc2c1. The zero-order valence-electron chi connectivity index (χ0n) is 18.1. The molecule has 1 aliphatic rings. The van der Waals surface area contributed by atoms with E-state index in [1.807, 2.05) is 31.2 Å². The summed E-state index contributed by atoms with van der Waals surface area (Å²) in [4.78, 5) is 24.2. The fraction of sp³-hybridized carbons (Fsp3) is 0.192. The smallest absolute Gasteiger partial charge is 0.254 e. The minimum atomic E-state index is -0.533. The molecular weight excluding hydrogens is 419 g/mol. The molecule has 1 aromatic heterocycles. The van der Waals surface area contributed by atoms with Gasteiger partial charge >= 0.3 is 0 Å². The van der Waals surface area contributed by atoms with Gasteiger partial charge < -0.3 is 15.3 Å². The number of phenols is 1. The van der Waals surface area contributed by atoms with Crippen LogP contribution in [-0.4, -0.2) is 40.1 Å². The second-order valence-corrected chi connectivity index (χ2v) is 8.29. The lowest BCUT2D eigenvalue weighted by atomic mass is 10.1. The van der Waals surface area contributed by atoms with E-state index in [4.69, 9.17) is 9.97 Å². The highest BCUT2D eigenvalue weighted by Gasteiger charge is 2.28. The van der Waals surface area contributed by atoms with Crippen molar-refractivity contribution < 1.29 is 14.3 Å². The third-order valence-electron chi connectivity index (χ3n) is 5.92. The van der Waals surface area contributed by atoms with Crippen LogP contribution in [0.3, 0.4) is 0 Å². The number of nitrogens with zero attached hydrogens (tertiary/aromatic N) is 3. The zero-order valence-corrected chi connectivity index (χ0v) is 18.1. The van der Waals surface area contributed by atoms with E-state index in [0.29, 0.717) is 30.9 Å². The largest absolute Gasteiger partial charge is 0.507 e. The number of aryl methyl sites for hydroxylation is 1. The number of halogens is 1. The van der Waals surface area contributed by atoms with Crippen molar-refractivity contribution in [2.75, 3.05) is 18.0 Å². The summed E-state index contributed by atoms with van der Waals surface area (Å²) in [5.41, 5.74) is 2.47. The summed E-state index contributed by atoms with van der Waals surface area (Å²) in [5.74, 6) is 0.361. The molecule has 6 nitrogen and oxygen atoms in total. The van der Waals surface area contributed by atoms with Crippen LogP contribution in [0.25, 0.3) is 22.3 Å².